The summed E-state index contributed by atoms with van der Waals surface area (Å²) in [6.45, 7) is 9.83. The molecule has 1 saturated heterocycles. The number of carbonyl (C=O) groups excluding carboxylic acids is 1. The molecule has 1 heterocycles. The van der Waals surface area contributed by atoms with Gasteiger partial charge in [-0.25, -0.2) is 4.99 Å². The van der Waals surface area contributed by atoms with Gasteiger partial charge in [-0.15, -0.1) is 24.0 Å². The molecule has 5 nitrogen and oxygen atoms in total. The number of carbonyl (C=O) groups is 1. The molecular weight excluding hydrogens is 391 g/mol. The van der Waals surface area contributed by atoms with Crippen LogP contribution in [-0.2, 0) is 4.79 Å². The lowest BCUT2D eigenvalue weighted by Crippen LogP contribution is -2.41. The molecule has 2 rings (SSSR count). The summed E-state index contributed by atoms with van der Waals surface area (Å²) >= 11 is 0. The molecule has 128 valence electrons. The molecule has 1 aliphatic carbocycles. The van der Waals surface area contributed by atoms with Crippen molar-refractivity contribution in [2.75, 3.05) is 26.2 Å². The molecule has 22 heavy (non-hydrogen) atoms. The van der Waals surface area contributed by atoms with E-state index in [1.807, 2.05) is 0 Å². The van der Waals surface area contributed by atoms with Crippen molar-refractivity contribution in [3.05, 3.63) is 0 Å². The lowest BCUT2D eigenvalue weighted by Gasteiger charge is -2.22. The first-order chi connectivity index (χ1) is 10.1. The van der Waals surface area contributed by atoms with Crippen LogP contribution in [-0.4, -0.2) is 49.0 Å². The molecule has 1 amide bonds. The minimum atomic E-state index is 0. The summed E-state index contributed by atoms with van der Waals surface area (Å²) in [5.41, 5.74) is 0. The summed E-state index contributed by atoms with van der Waals surface area (Å²) in [6, 6.07) is 0.414. The van der Waals surface area contributed by atoms with E-state index in [4.69, 9.17) is 0 Å². The van der Waals surface area contributed by atoms with Crippen LogP contribution in [0.5, 0.6) is 0 Å². The zero-order valence-electron chi connectivity index (χ0n) is 14.1. The second kappa shape index (κ2) is 9.57. The van der Waals surface area contributed by atoms with E-state index < -0.39 is 0 Å². The van der Waals surface area contributed by atoms with Crippen LogP contribution in [0.1, 0.15) is 46.5 Å². The van der Waals surface area contributed by atoms with Crippen molar-refractivity contribution in [2.45, 2.75) is 52.5 Å². The van der Waals surface area contributed by atoms with Crippen LogP contribution in [0.3, 0.4) is 0 Å². The number of hydrogen-bond acceptors (Lipinski definition) is 2. The normalized spacial score (nSPS) is 21.7. The number of halogens is 1. The Hall–Kier alpha value is -0.530. The van der Waals surface area contributed by atoms with Crippen LogP contribution >= 0.6 is 24.0 Å². The van der Waals surface area contributed by atoms with Gasteiger partial charge >= 0.3 is 0 Å². The number of guanidine groups is 1. The van der Waals surface area contributed by atoms with Crippen molar-refractivity contribution in [1.29, 1.82) is 0 Å². The number of hydrogen-bond donors (Lipinski definition) is 2. The van der Waals surface area contributed by atoms with Gasteiger partial charge in [0.15, 0.2) is 5.96 Å². The Bertz CT molecular complexity index is 382. The second-order valence-electron chi connectivity index (χ2n) is 6.74. The Kier molecular flexibility index (Phi) is 8.49. The van der Waals surface area contributed by atoms with E-state index in [0.717, 1.165) is 50.3 Å². The maximum atomic E-state index is 11.8. The van der Waals surface area contributed by atoms with Gasteiger partial charge in [-0.1, -0.05) is 13.8 Å². The van der Waals surface area contributed by atoms with Crippen LogP contribution in [0.25, 0.3) is 0 Å². The van der Waals surface area contributed by atoms with E-state index in [0.29, 0.717) is 6.04 Å². The number of amides is 1. The maximum absolute atomic E-state index is 11.8. The first-order valence-corrected chi connectivity index (χ1v) is 8.41. The molecule has 0 aromatic carbocycles. The summed E-state index contributed by atoms with van der Waals surface area (Å²) in [5, 5.41) is 6.30. The van der Waals surface area contributed by atoms with Gasteiger partial charge in [0.2, 0.25) is 5.91 Å². The van der Waals surface area contributed by atoms with Crippen LogP contribution in [0.2, 0.25) is 0 Å². The van der Waals surface area contributed by atoms with Crippen LogP contribution in [0, 0.1) is 11.8 Å². The fourth-order valence-corrected chi connectivity index (χ4v) is 2.96. The van der Waals surface area contributed by atoms with Crippen molar-refractivity contribution in [1.82, 2.24) is 15.5 Å². The zero-order chi connectivity index (χ0) is 15.2. The summed E-state index contributed by atoms with van der Waals surface area (Å²) in [4.78, 5) is 18.6. The summed E-state index contributed by atoms with van der Waals surface area (Å²) in [5.74, 6) is 2.45. The highest BCUT2D eigenvalue weighted by Crippen LogP contribution is 2.23. The first-order valence-electron chi connectivity index (χ1n) is 8.41. The van der Waals surface area contributed by atoms with Crippen molar-refractivity contribution in [3.8, 4) is 0 Å². The van der Waals surface area contributed by atoms with Crippen LogP contribution < -0.4 is 10.6 Å². The molecule has 1 aliphatic heterocycles. The van der Waals surface area contributed by atoms with Gasteiger partial charge in [-0.2, -0.15) is 0 Å². The van der Waals surface area contributed by atoms with Gasteiger partial charge in [0.25, 0.3) is 0 Å². The molecule has 0 aromatic rings. The quantitative estimate of drug-likeness (QED) is 0.392. The Morgan fingerprint density at radius 3 is 2.64 bits per heavy atom. The van der Waals surface area contributed by atoms with Crippen LogP contribution in [0.15, 0.2) is 4.99 Å². The number of nitrogens with one attached hydrogen (secondary N) is 2. The average Bonchev–Trinajstić information content (AvgIpc) is 3.11. The van der Waals surface area contributed by atoms with E-state index in [1.54, 1.807) is 0 Å². The van der Waals surface area contributed by atoms with E-state index >= 15 is 0 Å². The zero-order valence-corrected chi connectivity index (χ0v) is 16.4. The fraction of sp³-hybridized carbons (Fsp3) is 0.875. The monoisotopic (exact) mass is 422 g/mol. The predicted molar refractivity (Wildman–Crippen MR) is 102 cm³/mol. The summed E-state index contributed by atoms with van der Waals surface area (Å²) < 4.78 is 0. The Balaban J connectivity index is 0.00000242. The van der Waals surface area contributed by atoms with Crippen molar-refractivity contribution < 1.29 is 4.79 Å². The van der Waals surface area contributed by atoms with E-state index in [9.17, 15) is 4.79 Å². The molecule has 0 aromatic heterocycles. The Morgan fingerprint density at radius 2 is 2.05 bits per heavy atom. The minimum Gasteiger partial charge on any atom is -0.357 e. The molecule has 6 heteroatoms. The molecule has 2 aliphatic rings. The van der Waals surface area contributed by atoms with E-state index in [-0.39, 0.29) is 36.4 Å². The number of aliphatic imine (C=N–C) groups is 1. The fourth-order valence-electron chi connectivity index (χ4n) is 2.96. The van der Waals surface area contributed by atoms with Gasteiger partial charge in [0.1, 0.15) is 6.54 Å². The highest BCUT2D eigenvalue weighted by molar-refractivity contribution is 14.0. The molecule has 2 fully saturated rings. The van der Waals surface area contributed by atoms with Gasteiger partial charge < -0.3 is 15.5 Å². The smallest absolute Gasteiger partial charge is 0.242 e. The third-order valence-corrected chi connectivity index (χ3v) is 4.04. The third kappa shape index (κ3) is 6.71. The average molecular weight is 422 g/mol. The lowest BCUT2D eigenvalue weighted by molar-refractivity contribution is -0.119. The van der Waals surface area contributed by atoms with Gasteiger partial charge in [-0.3, -0.25) is 4.79 Å². The number of rotatable bonds is 6. The molecule has 1 unspecified atom stereocenters. The summed E-state index contributed by atoms with van der Waals surface area (Å²) in [6.07, 6.45) is 4.76. The molecule has 0 spiro atoms. The number of nitrogens with zero attached hydrogens (tertiary/aromatic N) is 2. The van der Waals surface area contributed by atoms with Crippen molar-refractivity contribution in [3.63, 3.8) is 0 Å². The van der Waals surface area contributed by atoms with Gasteiger partial charge in [0, 0.05) is 25.7 Å². The Labute approximate surface area is 151 Å². The van der Waals surface area contributed by atoms with E-state index in [1.165, 1.54) is 12.8 Å². The van der Waals surface area contributed by atoms with Crippen molar-refractivity contribution in [2.24, 2.45) is 16.8 Å². The first kappa shape index (κ1) is 19.5. The topological polar surface area (TPSA) is 56.7 Å². The van der Waals surface area contributed by atoms with Gasteiger partial charge in [-0.05, 0) is 44.4 Å². The highest BCUT2D eigenvalue weighted by atomic mass is 127. The SMILES string of the molecule is CCNC(=NCC(=O)NC1CC1)N1CCC(CC(C)C)C1.I. The second-order valence-corrected chi connectivity index (χ2v) is 6.74. The molecule has 1 atom stereocenters. The predicted octanol–water partition coefficient (Wildman–Crippen LogP) is 2.22. The molecule has 0 bridgehead atoms. The molecule has 0 radical (unpaired) electrons. The molecule has 2 N–H and O–H groups in total. The standard InChI is InChI=1S/C16H30N4O.HI/c1-4-17-16(18-10-15(21)19-14-5-6-14)20-8-7-13(11-20)9-12(2)3;/h12-14H,4-11H2,1-3H3,(H,17,18)(H,19,21);1H. The van der Waals surface area contributed by atoms with E-state index in [2.05, 4.69) is 41.3 Å². The largest absolute Gasteiger partial charge is 0.357 e. The molecule has 1 saturated carbocycles. The number of likely N-dealkylation sites (tertiary alicyclic amines) is 1. The molecular formula is C16H31IN4O. The minimum absolute atomic E-state index is 0. The van der Waals surface area contributed by atoms with Crippen LogP contribution in [0.4, 0.5) is 0 Å². The Morgan fingerprint density at radius 1 is 1.32 bits per heavy atom. The third-order valence-electron chi connectivity index (χ3n) is 4.04. The van der Waals surface area contributed by atoms with Crippen molar-refractivity contribution >= 4 is 35.8 Å². The lowest BCUT2D eigenvalue weighted by atomic mass is 9.97. The van der Waals surface area contributed by atoms with Gasteiger partial charge in [0.05, 0.1) is 0 Å². The highest BCUT2D eigenvalue weighted by Gasteiger charge is 2.26. The maximum Gasteiger partial charge on any atom is 0.242 e. The summed E-state index contributed by atoms with van der Waals surface area (Å²) in [7, 11) is 0.